The highest BCUT2D eigenvalue weighted by Crippen LogP contribution is 2.27. The number of nitrogens with zero attached hydrogens (tertiary/aromatic N) is 5. The summed E-state index contributed by atoms with van der Waals surface area (Å²) >= 11 is 3.44. The largest absolute Gasteiger partial charge is 0.355 e. The molecular weight excluding hydrogens is 420 g/mol. The number of amides is 1. The van der Waals surface area contributed by atoms with Crippen molar-refractivity contribution in [1.29, 1.82) is 5.26 Å². The van der Waals surface area contributed by atoms with Crippen molar-refractivity contribution >= 4 is 38.6 Å². The van der Waals surface area contributed by atoms with Crippen LogP contribution in [0.5, 0.6) is 0 Å². The molecule has 0 saturated carbocycles. The summed E-state index contributed by atoms with van der Waals surface area (Å²) in [4.78, 5) is 27.2. The lowest BCUT2D eigenvalue weighted by atomic mass is 10.0. The molecule has 0 bridgehead atoms. The quantitative estimate of drug-likeness (QED) is 0.677. The lowest BCUT2D eigenvalue weighted by Gasteiger charge is -2.34. The molecule has 1 atom stereocenters. The van der Waals surface area contributed by atoms with Gasteiger partial charge >= 0.3 is 0 Å². The normalized spacial score (nSPS) is 16.6. The van der Waals surface area contributed by atoms with Crippen LogP contribution in [0.1, 0.15) is 28.9 Å². The van der Waals surface area contributed by atoms with Crippen LogP contribution in [0.15, 0.2) is 47.3 Å². The van der Waals surface area contributed by atoms with Gasteiger partial charge in [-0.3, -0.25) is 9.78 Å². The van der Waals surface area contributed by atoms with Gasteiger partial charge in [-0.15, -0.1) is 0 Å². The SMILES string of the molecule is N#Cc1cc(N2CCC[C@H](NC(=O)c3cnccn3)C2)nc2ccc(Br)cc12. The first-order chi connectivity index (χ1) is 13.6. The Bertz CT molecular complexity index is 1070. The number of pyridine rings is 1. The molecule has 1 amide bonds. The number of benzene rings is 1. The Labute approximate surface area is 170 Å². The van der Waals surface area contributed by atoms with E-state index in [9.17, 15) is 10.1 Å². The van der Waals surface area contributed by atoms with E-state index in [1.165, 1.54) is 18.6 Å². The van der Waals surface area contributed by atoms with Crippen LogP contribution in [-0.2, 0) is 0 Å². The average molecular weight is 437 g/mol. The number of anilines is 1. The molecule has 7 nitrogen and oxygen atoms in total. The molecule has 1 N–H and O–H groups in total. The second kappa shape index (κ2) is 7.90. The number of nitrogens with one attached hydrogen (secondary N) is 1. The number of fused-ring (bicyclic) bond motifs is 1. The van der Waals surface area contributed by atoms with Crippen LogP contribution in [-0.4, -0.2) is 40.0 Å². The lowest BCUT2D eigenvalue weighted by molar-refractivity contribution is 0.0927. The fraction of sp³-hybridized carbons (Fsp3) is 0.250. The van der Waals surface area contributed by atoms with Crippen molar-refractivity contribution in [2.75, 3.05) is 18.0 Å². The van der Waals surface area contributed by atoms with Crippen molar-refractivity contribution in [3.05, 3.63) is 58.6 Å². The van der Waals surface area contributed by atoms with Gasteiger partial charge in [-0.25, -0.2) is 9.97 Å². The molecule has 1 aliphatic heterocycles. The topological polar surface area (TPSA) is 94.8 Å². The number of hydrogen-bond donors (Lipinski definition) is 1. The van der Waals surface area contributed by atoms with Crippen LogP contribution in [0, 0.1) is 11.3 Å². The molecule has 3 aromatic rings. The first kappa shape index (κ1) is 18.3. The minimum absolute atomic E-state index is 0.0174. The lowest BCUT2D eigenvalue weighted by Crippen LogP contribution is -2.48. The van der Waals surface area contributed by atoms with E-state index in [-0.39, 0.29) is 11.9 Å². The third-order valence-electron chi connectivity index (χ3n) is 4.75. The molecule has 1 aliphatic rings. The average Bonchev–Trinajstić information content (AvgIpc) is 2.73. The van der Waals surface area contributed by atoms with Gasteiger partial charge in [0.1, 0.15) is 11.5 Å². The van der Waals surface area contributed by atoms with Gasteiger partial charge in [0.25, 0.3) is 5.91 Å². The Morgan fingerprint density at radius 1 is 1.32 bits per heavy atom. The maximum Gasteiger partial charge on any atom is 0.271 e. The van der Waals surface area contributed by atoms with Gasteiger partial charge in [-0.05, 0) is 37.1 Å². The molecule has 0 unspecified atom stereocenters. The minimum atomic E-state index is -0.228. The smallest absolute Gasteiger partial charge is 0.271 e. The maximum absolute atomic E-state index is 12.4. The highest BCUT2D eigenvalue weighted by atomic mass is 79.9. The molecule has 0 spiro atoms. The van der Waals surface area contributed by atoms with Crippen molar-refractivity contribution in [2.24, 2.45) is 0 Å². The molecule has 8 heteroatoms. The first-order valence-corrected chi connectivity index (χ1v) is 9.75. The molecule has 28 heavy (non-hydrogen) atoms. The van der Waals surface area contributed by atoms with Gasteiger partial charge in [0, 0.05) is 41.4 Å². The summed E-state index contributed by atoms with van der Waals surface area (Å²) in [6, 6.07) is 9.80. The molecule has 0 aliphatic carbocycles. The van der Waals surface area contributed by atoms with Crippen LogP contribution in [0.3, 0.4) is 0 Å². The van der Waals surface area contributed by atoms with Crippen LogP contribution < -0.4 is 10.2 Å². The van der Waals surface area contributed by atoms with E-state index in [0.29, 0.717) is 17.8 Å². The third-order valence-corrected chi connectivity index (χ3v) is 5.25. The van der Waals surface area contributed by atoms with Crippen LogP contribution in [0.2, 0.25) is 0 Å². The Kier molecular flexibility index (Phi) is 5.17. The summed E-state index contributed by atoms with van der Waals surface area (Å²) in [5, 5.41) is 13.4. The molecule has 1 fully saturated rings. The van der Waals surface area contributed by atoms with Crippen molar-refractivity contribution in [2.45, 2.75) is 18.9 Å². The predicted octanol–water partition coefficient (Wildman–Crippen LogP) is 3.06. The summed E-state index contributed by atoms with van der Waals surface area (Å²) in [6.45, 7) is 1.46. The molecule has 3 heterocycles. The van der Waals surface area contributed by atoms with Crippen molar-refractivity contribution in [1.82, 2.24) is 20.3 Å². The van der Waals surface area contributed by atoms with Gasteiger partial charge in [0.05, 0.1) is 23.3 Å². The second-order valence-electron chi connectivity index (χ2n) is 6.65. The number of piperidine rings is 1. The summed E-state index contributed by atoms with van der Waals surface area (Å²) in [6.07, 6.45) is 6.30. The Balaban J connectivity index is 1.55. The highest BCUT2D eigenvalue weighted by molar-refractivity contribution is 9.10. The molecular formula is C20H17BrN6O. The molecule has 140 valence electrons. The number of carbonyl (C=O) groups excluding carboxylic acids is 1. The highest BCUT2D eigenvalue weighted by Gasteiger charge is 2.24. The monoisotopic (exact) mass is 436 g/mol. The standard InChI is InChI=1S/C20H17BrN6O/c21-14-3-4-17-16(9-14)13(10-22)8-19(26-17)27-7-1-2-15(12-27)25-20(28)18-11-23-5-6-24-18/h3-6,8-9,11,15H,1-2,7,12H2,(H,25,28)/t15-/m0/s1. The van der Waals surface area contributed by atoms with E-state index >= 15 is 0 Å². The summed E-state index contributed by atoms with van der Waals surface area (Å²) in [7, 11) is 0. The molecule has 0 radical (unpaired) electrons. The van der Waals surface area contributed by atoms with Gasteiger partial charge in [-0.1, -0.05) is 15.9 Å². The summed E-state index contributed by atoms with van der Waals surface area (Å²) in [5.74, 6) is 0.527. The van der Waals surface area contributed by atoms with E-state index in [1.54, 1.807) is 0 Å². The Morgan fingerprint density at radius 2 is 2.21 bits per heavy atom. The van der Waals surface area contributed by atoms with Crippen LogP contribution >= 0.6 is 15.9 Å². The number of aromatic nitrogens is 3. The Hall–Kier alpha value is -3.05. The molecule has 1 saturated heterocycles. The zero-order valence-corrected chi connectivity index (χ0v) is 16.6. The summed E-state index contributed by atoms with van der Waals surface area (Å²) in [5.41, 5.74) is 1.68. The van der Waals surface area contributed by atoms with Gasteiger partial charge in [-0.2, -0.15) is 5.26 Å². The molecule has 4 rings (SSSR count). The first-order valence-electron chi connectivity index (χ1n) is 8.96. The van der Waals surface area contributed by atoms with E-state index in [0.717, 1.165) is 40.6 Å². The van der Waals surface area contributed by atoms with Crippen LogP contribution in [0.25, 0.3) is 10.9 Å². The number of carbonyl (C=O) groups is 1. The zero-order valence-electron chi connectivity index (χ0n) is 15.0. The second-order valence-corrected chi connectivity index (χ2v) is 7.57. The number of hydrogen-bond acceptors (Lipinski definition) is 6. The third kappa shape index (κ3) is 3.80. The minimum Gasteiger partial charge on any atom is -0.355 e. The fourth-order valence-corrected chi connectivity index (χ4v) is 3.78. The van der Waals surface area contributed by atoms with Crippen molar-refractivity contribution in [3.8, 4) is 6.07 Å². The number of rotatable bonds is 3. The number of halogens is 1. The van der Waals surface area contributed by atoms with E-state index < -0.39 is 0 Å². The van der Waals surface area contributed by atoms with Crippen molar-refractivity contribution < 1.29 is 4.79 Å². The predicted molar refractivity (Wildman–Crippen MR) is 109 cm³/mol. The number of nitriles is 1. The summed E-state index contributed by atoms with van der Waals surface area (Å²) < 4.78 is 0.913. The van der Waals surface area contributed by atoms with E-state index in [4.69, 9.17) is 4.98 Å². The zero-order chi connectivity index (χ0) is 19.5. The van der Waals surface area contributed by atoms with E-state index in [1.807, 2.05) is 24.3 Å². The molecule has 1 aromatic carbocycles. The maximum atomic E-state index is 12.4. The van der Waals surface area contributed by atoms with Gasteiger partial charge < -0.3 is 10.2 Å². The van der Waals surface area contributed by atoms with Crippen LogP contribution in [0.4, 0.5) is 5.82 Å². The van der Waals surface area contributed by atoms with Gasteiger partial charge in [0.2, 0.25) is 0 Å². The molecule has 2 aromatic heterocycles. The van der Waals surface area contributed by atoms with E-state index in [2.05, 4.69) is 42.2 Å². The fourth-order valence-electron chi connectivity index (χ4n) is 3.42. The van der Waals surface area contributed by atoms with Crippen molar-refractivity contribution in [3.63, 3.8) is 0 Å². The Morgan fingerprint density at radius 3 is 3.00 bits per heavy atom. The van der Waals surface area contributed by atoms with Gasteiger partial charge in [0.15, 0.2) is 0 Å².